The monoisotopic (exact) mass is 413 g/mol. The van der Waals surface area contributed by atoms with Crippen molar-refractivity contribution in [2.24, 2.45) is 0 Å². The Morgan fingerprint density at radius 1 is 1.25 bits per heavy atom. The molecule has 4 rings (SSSR count). The summed E-state index contributed by atoms with van der Waals surface area (Å²) in [5.74, 6) is 0.188. The quantitative estimate of drug-likeness (QED) is 0.649. The predicted molar refractivity (Wildman–Crippen MR) is 110 cm³/mol. The van der Waals surface area contributed by atoms with Crippen LogP contribution < -0.4 is 15.4 Å². The number of carbonyl (C=O) groups excluding carboxylic acids is 2. The first-order valence-electron chi connectivity index (χ1n) is 8.57. The molecule has 0 bridgehead atoms. The summed E-state index contributed by atoms with van der Waals surface area (Å²) in [4.78, 5) is 29.7. The number of ether oxygens (including phenoxy) is 1. The lowest BCUT2D eigenvalue weighted by molar-refractivity contribution is -0.122. The highest BCUT2D eigenvalue weighted by Crippen LogP contribution is 2.37. The van der Waals surface area contributed by atoms with Crippen molar-refractivity contribution in [1.82, 2.24) is 4.98 Å². The van der Waals surface area contributed by atoms with Crippen molar-refractivity contribution in [2.45, 2.75) is 20.0 Å². The molecule has 8 heteroatoms. The van der Waals surface area contributed by atoms with Gasteiger partial charge in [-0.05, 0) is 56.3 Å². The van der Waals surface area contributed by atoms with Crippen LogP contribution in [0.25, 0.3) is 11.3 Å². The smallest absolute Gasteiger partial charge is 0.265 e. The van der Waals surface area contributed by atoms with Crippen molar-refractivity contribution in [2.75, 3.05) is 10.6 Å². The van der Waals surface area contributed by atoms with Crippen molar-refractivity contribution < 1.29 is 14.3 Å². The molecule has 142 valence electrons. The first-order valence-corrected chi connectivity index (χ1v) is 9.76. The summed E-state index contributed by atoms with van der Waals surface area (Å²) in [6.45, 7) is 3.63. The second-order valence-electron chi connectivity index (χ2n) is 6.35. The van der Waals surface area contributed by atoms with Gasteiger partial charge in [-0.2, -0.15) is 0 Å². The van der Waals surface area contributed by atoms with Crippen LogP contribution in [0.1, 0.15) is 22.2 Å². The van der Waals surface area contributed by atoms with Crippen LogP contribution in [0.4, 0.5) is 10.8 Å². The van der Waals surface area contributed by atoms with E-state index in [2.05, 4.69) is 15.6 Å². The predicted octanol–water partition coefficient (Wildman–Crippen LogP) is 4.74. The largest absolute Gasteiger partial charge is 0.479 e. The van der Waals surface area contributed by atoms with E-state index in [-0.39, 0.29) is 11.8 Å². The van der Waals surface area contributed by atoms with Crippen molar-refractivity contribution in [3.8, 4) is 17.0 Å². The third-order valence-corrected chi connectivity index (χ3v) is 5.45. The molecule has 28 heavy (non-hydrogen) atoms. The number of amides is 2. The Morgan fingerprint density at radius 2 is 2.00 bits per heavy atom. The molecule has 6 nitrogen and oxygen atoms in total. The summed E-state index contributed by atoms with van der Waals surface area (Å²) >= 11 is 7.24. The van der Waals surface area contributed by atoms with E-state index in [4.69, 9.17) is 16.3 Å². The van der Waals surface area contributed by atoms with Crippen molar-refractivity contribution in [3.63, 3.8) is 0 Å². The third kappa shape index (κ3) is 3.58. The van der Waals surface area contributed by atoms with Crippen molar-refractivity contribution in [1.29, 1.82) is 0 Å². The van der Waals surface area contributed by atoms with E-state index in [0.29, 0.717) is 27.2 Å². The minimum absolute atomic E-state index is 0.185. The lowest BCUT2D eigenvalue weighted by Crippen LogP contribution is -2.34. The van der Waals surface area contributed by atoms with Crippen LogP contribution in [0.3, 0.4) is 0 Å². The number of rotatable bonds is 3. The molecule has 1 aliphatic heterocycles. The van der Waals surface area contributed by atoms with Gasteiger partial charge in [0.2, 0.25) is 0 Å². The zero-order chi connectivity index (χ0) is 19.8. The van der Waals surface area contributed by atoms with Gasteiger partial charge in [-0.3, -0.25) is 14.9 Å². The number of fused-ring (bicyclic) bond motifs is 1. The Bertz CT molecular complexity index is 1080. The third-order valence-electron chi connectivity index (χ3n) is 4.31. The number of halogens is 1. The lowest BCUT2D eigenvalue weighted by Gasteiger charge is -2.23. The number of carbonyl (C=O) groups is 2. The topological polar surface area (TPSA) is 80.3 Å². The van der Waals surface area contributed by atoms with Gasteiger partial charge < -0.3 is 10.1 Å². The van der Waals surface area contributed by atoms with Crippen LogP contribution in [-0.4, -0.2) is 22.9 Å². The van der Waals surface area contributed by atoms with E-state index < -0.39 is 6.10 Å². The number of aryl methyl sites for hydroxylation is 1. The van der Waals surface area contributed by atoms with Crippen LogP contribution in [0.2, 0.25) is 5.02 Å². The van der Waals surface area contributed by atoms with E-state index in [1.165, 1.54) is 11.3 Å². The first kappa shape index (κ1) is 18.5. The van der Waals surface area contributed by atoms with Gasteiger partial charge in [0, 0.05) is 21.0 Å². The maximum atomic E-state index is 12.4. The summed E-state index contributed by atoms with van der Waals surface area (Å²) < 4.78 is 5.58. The molecule has 3 aromatic rings. The molecule has 0 radical (unpaired) electrons. The van der Waals surface area contributed by atoms with E-state index in [1.807, 2.05) is 25.1 Å². The first-order chi connectivity index (χ1) is 13.4. The molecule has 0 saturated heterocycles. The van der Waals surface area contributed by atoms with Crippen LogP contribution in [0, 0.1) is 6.92 Å². The second kappa shape index (κ2) is 7.26. The summed E-state index contributed by atoms with van der Waals surface area (Å²) in [6, 6.07) is 12.2. The summed E-state index contributed by atoms with van der Waals surface area (Å²) in [6.07, 6.45) is -0.519. The Kier molecular flexibility index (Phi) is 4.78. The van der Waals surface area contributed by atoms with Gasteiger partial charge in [0.05, 0.1) is 11.4 Å². The fraction of sp³-hybridized carbons (Fsp3) is 0.150. The van der Waals surface area contributed by atoms with Gasteiger partial charge in [-0.1, -0.05) is 11.6 Å². The van der Waals surface area contributed by atoms with Crippen LogP contribution in [-0.2, 0) is 4.79 Å². The van der Waals surface area contributed by atoms with E-state index in [0.717, 1.165) is 16.1 Å². The maximum absolute atomic E-state index is 12.4. The number of nitrogens with one attached hydrogen (secondary N) is 2. The summed E-state index contributed by atoms with van der Waals surface area (Å²) in [5, 5.41) is 6.72. The molecule has 2 aromatic carbocycles. The summed E-state index contributed by atoms with van der Waals surface area (Å²) in [7, 11) is 0. The van der Waals surface area contributed by atoms with Crippen molar-refractivity contribution >= 4 is 45.6 Å². The Hall–Kier alpha value is -2.90. The normalized spacial score (nSPS) is 15.4. The van der Waals surface area contributed by atoms with Gasteiger partial charge in [0.15, 0.2) is 11.2 Å². The zero-order valence-electron chi connectivity index (χ0n) is 15.1. The number of anilines is 2. The fourth-order valence-electron chi connectivity index (χ4n) is 2.84. The standard InChI is InChI=1S/C20H16ClN3O3S/c1-10-18(25)22-15-9-13(5-8-16(15)27-10)17-11(2)28-20(23-17)24-19(26)12-3-6-14(21)7-4-12/h3-10H,1-2H3,(H,22,25)(H,23,24,26)/t10-/m1/s1. The lowest BCUT2D eigenvalue weighted by atomic mass is 10.1. The Labute approximate surface area is 170 Å². The molecule has 2 heterocycles. The van der Waals surface area contributed by atoms with E-state index >= 15 is 0 Å². The molecule has 0 aliphatic carbocycles. The minimum atomic E-state index is -0.519. The number of aromatic nitrogens is 1. The van der Waals surface area contributed by atoms with E-state index in [9.17, 15) is 9.59 Å². The van der Waals surface area contributed by atoms with Crippen LogP contribution in [0.15, 0.2) is 42.5 Å². The fourth-order valence-corrected chi connectivity index (χ4v) is 3.80. The number of benzene rings is 2. The molecule has 1 aromatic heterocycles. The minimum Gasteiger partial charge on any atom is -0.479 e. The molecular weight excluding hydrogens is 398 g/mol. The molecule has 1 atom stereocenters. The van der Waals surface area contributed by atoms with Crippen molar-refractivity contribution in [3.05, 3.63) is 57.9 Å². The maximum Gasteiger partial charge on any atom is 0.265 e. The number of hydrogen-bond acceptors (Lipinski definition) is 5. The average Bonchev–Trinajstić information content (AvgIpc) is 3.03. The second-order valence-corrected chi connectivity index (χ2v) is 7.98. The SMILES string of the molecule is Cc1sc(NC(=O)c2ccc(Cl)cc2)nc1-c1ccc2c(c1)NC(=O)[C@@H](C)O2. The molecule has 0 spiro atoms. The van der Waals surface area contributed by atoms with E-state index in [1.54, 1.807) is 31.2 Å². The number of hydrogen-bond donors (Lipinski definition) is 2. The number of thiazole rings is 1. The molecule has 2 amide bonds. The molecule has 0 saturated carbocycles. The highest BCUT2D eigenvalue weighted by molar-refractivity contribution is 7.16. The molecule has 1 aliphatic rings. The van der Waals surface area contributed by atoms with Gasteiger partial charge in [0.25, 0.3) is 11.8 Å². The van der Waals surface area contributed by atoms with Gasteiger partial charge in [-0.15, -0.1) is 11.3 Å². The van der Waals surface area contributed by atoms with Gasteiger partial charge in [0.1, 0.15) is 5.75 Å². The van der Waals surface area contributed by atoms with Gasteiger partial charge >= 0.3 is 0 Å². The molecule has 0 fully saturated rings. The Balaban J connectivity index is 1.58. The average molecular weight is 414 g/mol. The Morgan fingerprint density at radius 3 is 2.75 bits per heavy atom. The van der Waals surface area contributed by atoms with Crippen LogP contribution >= 0.6 is 22.9 Å². The highest BCUT2D eigenvalue weighted by atomic mass is 35.5. The summed E-state index contributed by atoms with van der Waals surface area (Å²) in [5.41, 5.74) is 2.69. The molecule has 0 unspecified atom stereocenters. The number of nitrogens with zero attached hydrogens (tertiary/aromatic N) is 1. The molecular formula is C20H16ClN3O3S. The van der Waals surface area contributed by atoms with Gasteiger partial charge in [-0.25, -0.2) is 4.98 Å². The van der Waals surface area contributed by atoms with Crippen LogP contribution in [0.5, 0.6) is 5.75 Å². The zero-order valence-corrected chi connectivity index (χ0v) is 16.6. The molecule has 2 N–H and O–H groups in total. The highest BCUT2D eigenvalue weighted by Gasteiger charge is 2.24.